The van der Waals surface area contributed by atoms with Crippen LogP contribution in [0.4, 0.5) is 5.69 Å². The van der Waals surface area contributed by atoms with Gasteiger partial charge in [0, 0.05) is 32.9 Å². The van der Waals surface area contributed by atoms with Crippen molar-refractivity contribution in [3.05, 3.63) is 29.8 Å². The van der Waals surface area contributed by atoms with E-state index in [0.717, 1.165) is 19.5 Å². The van der Waals surface area contributed by atoms with Gasteiger partial charge in [-0.05, 0) is 37.1 Å². The summed E-state index contributed by atoms with van der Waals surface area (Å²) < 4.78 is 0. The van der Waals surface area contributed by atoms with Crippen LogP contribution in [-0.4, -0.2) is 43.2 Å². The van der Waals surface area contributed by atoms with Crippen molar-refractivity contribution in [3.8, 4) is 0 Å². The molecule has 0 saturated carbocycles. The molecule has 4 heteroatoms. The number of carboxylic acid groups (broad SMARTS) is 1. The summed E-state index contributed by atoms with van der Waals surface area (Å²) in [5.74, 6) is -0.648. The van der Waals surface area contributed by atoms with Crippen molar-refractivity contribution in [1.29, 1.82) is 0 Å². The summed E-state index contributed by atoms with van der Waals surface area (Å²) in [5.41, 5.74) is 1.89. The third-order valence-corrected chi connectivity index (χ3v) is 4.42. The molecule has 1 atom stereocenters. The number of hydrogen-bond donors (Lipinski definition) is 1. The molecule has 0 aromatic heterocycles. The van der Waals surface area contributed by atoms with E-state index in [1.54, 1.807) is 0 Å². The molecule has 0 aliphatic carbocycles. The molecule has 1 aromatic carbocycles. The summed E-state index contributed by atoms with van der Waals surface area (Å²) >= 11 is 0. The molecular formula is C16H24N2O2. The minimum absolute atomic E-state index is 0.538. The molecule has 1 saturated heterocycles. The zero-order chi connectivity index (χ0) is 14.8. The van der Waals surface area contributed by atoms with E-state index < -0.39 is 11.4 Å². The van der Waals surface area contributed by atoms with Gasteiger partial charge < -0.3 is 10.0 Å². The van der Waals surface area contributed by atoms with Gasteiger partial charge in [-0.2, -0.15) is 0 Å². The summed E-state index contributed by atoms with van der Waals surface area (Å²) in [7, 11) is 4.05. The van der Waals surface area contributed by atoms with Crippen molar-refractivity contribution in [1.82, 2.24) is 4.90 Å². The normalized spacial score (nSPS) is 22.9. The lowest BCUT2D eigenvalue weighted by atomic mass is 9.84. The predicted octanol–water partition coefficient (Wildman–Crippen LogP) is 2.44. The van der Waals surface area contributed by atoms with Crippen molar-refractivity contribution >= 4 is 11.7 Å². The molecule has 1 aromatic rings. The Hall–Kier alpha value is -1.55. The van der Waals surface area contributed by atoms with Crippen LogP contribution in [0.5, 0.6) is 0 Å². The smallest absolute Gasteiger partial charge is 0.310 e. The summed E-state index contributed by atoms with van der Waals surface area (Å²) in [5, 5.41) is 9.41. The molecule has 1 aliphatic heterocycles. The number of hydrogen-bond acceptors (Lipinski definition) is 3. The van der Waals surface area contributed by atoms with E-state index in [9.17, 15) is 9.90 Å². The van der Waals surface area contributed by atoms with Crippen molar-refractivity contribution in [2.24, 2.45) is 5.41 Å². The number of aliphatic carboxylic acids is 1. The molecular weight excluding hydrogens is 252 g/mol. The molecule has 4 nitrogen and oxygen atoms in total. The van der Waals surface area contributed by atoms with Crippen LogP contribution in [0.2, 0.25) is 0 Å². The number of anilines is 1. The fourth-order valence-corrected chi connectivity index (χ4v) is 2.87. The second kappa shape index (κ2) is 5.83. The van der Waals surface area contributed by atoms with Crippen LogP contribution in [0.1, 0.15) is 25.3 Å². The van der Waals surface area contributed by atoms with E-state index in [1.807, 2.05) is 21.0 Å². The Morgan fingerprint density at radius 1 is 1.35 bits per heavy atom. The van der Waals surface area contributed by atoms with Gasteiger partial charge >= 0.3 is 5.97 Å². The number of rotatable bonds is 5. The SMILES string of the molecule is CCC1(C(=O)O)CCN(Cc2ccc(N(C)C)cc2)C1. The third-order valence-electron chi connectivity index (χ3n) is 4.42. The van der Waals surface area contributed by atoms with Gasteiger partial charge in [0.2, 0.25) is 0 Å². The van der Waals surface area contributed by atoms with E-state index in [-0.39, 0.29) is 0 Å². The number of benzene rings is 1. The number of nitrogens with zero attached hydrogens (tertiary/aromatic N) is 2. The average molecular weight is 276 g/mol. The lowest BCUT2D eigenvalue weighted by Crippen LogP contribution is -2.33. The zero-order valence-corrected chi connectivity index (χ0v) is 12.6. The highest BCUT2D eigenvalue weighted by Gasteiger charge is 2.42. The highest BCUT2D eigenvalue weighted by atomic mass is 16.4. The predicted molar refractivity (Wildman–Crippen MR) is 81.0 cm³/mol. The van der Waals surface area contributed by atoms with Crippen LogP contribution in [0.15, 0.2) is 24.3 Å². The molecule has 1 aliphatic rings. The summed E-state index contributed by atoms with van der Waals surface area (Å²) in [4.78, 5) is 15.8. The maximum absolute atomic E-state index is 11.4. The van der Waals surface area contributed by atoms with Crippen molar-refractivity contribution in [2.75, 3.05) is 32.1 Å². The van der Waals surface area contributed by atoms with Crippen LogP contribution in [0.3, 0.4) is 0 Å². The maximum Gasteiger partial charge on any atom is 0.310 e. The molecule has 1 N–H and O–H groups in total. The maximum atomic E-state index is 11.4. The van der Waals surface area contributed by atoms with Crippen molar-refractivity contribution < 1.29 is 9.90 Å². The molecule has 2 rings (SSSR count). The average Bonchev–Trinajstić information content (AvgIpc) is 2.84. The monoisotopic (exact) mass is 276 g/mol. The number of carbonyl (C=O) groups is 1. The highest BCUT2D eigenvalue weighted by Crippen LogP contribution is 2.34. The first-order valence-electron chi connectivity index (χ1n) is 7.19. The molecule has 1 fully saturated rings. The Morgan fingerprint density at radius 2 is 2.00 bits per heavy atom. The molecule has 110 valence electrons. The van der Waals surface area contributed by atoms with Gasteiger partial charge in [-0.25, -0.2) is 0 Å². The van der Waals surface area contributed by atoms with Crippen LogP contribution in [-0.2, 0) is 11.3 Å². The van der Waals surface area contributed by atoms with E-state index >= 15 is 0 Å². The largest absolute Gasteiger partial charge is 0.481 e. The van der Waals surface area contributed by atoms with Gasteiger partial charge in [-0.1, -0.05) is 19.1 Å². The second-order valence-corrected chi connectivity index (χ2v) is 5.96. The molecule has 1 unspecified atom stereocenters. The fraction of sp³-hybridized carbons (Fsp3) is 0.562. The molecule has 0 radical (unpaired) electrons. The first-order valence-corrected chi connectivity index (χ1v) is 7.19. The quantitative estimate of drug-likeness (QED) is 0.897. The molecule has 0 spiro atoms. The second-order valence-electron chi connectivity index (χ2n) is 5.96. The van der Waals surface area contributed by atoms with Gasteiger partial charge in [-0.15, -0.1) is 0 Å². The first-order chi connectivity index (χ1) is 9.47. The van der Waals surface area contributed by atoms with Gasteiger partial charge in [-0.3, -0.25) is 9.69 Å². The van der Waals surface area contributed by atoms with Gasteiger partial charge in [0.25, 0.3) is 0 Å². The van der Waals surface area contributed by atoms with Gasteiger partial charge in [0.15, 0.2) is 0 Å². The lowest BCUT2D eigenvalue weighted by Gasteiger charge is -2.23. The molecule has 20 heavy (non-hydrogen) atoms. The minimum atomic E-state index is -0.648. The van der Waals surface area contributed by atoms with Gasteiger partial charge in [0.1, 0.15) is 0 Å². The lowest BCUT2D eigenvalue weighted by molar-refractivity contribution is -0.148. The third kappa shape index (κ3) is 2.96. The van der Waals surface area contributed by atoms with Crippen molar-refractivity contribution in [2.45, 2.75) is 26.3 Å². The summed E-state index contributed by atoms with van der Waals surface area (Å²) in [6, 6.07) is 8.47. The van der Waals surface area contributed by atoms with Crippen molar-refractivity contribution in [3.63, 3.8) is 0 Å². The van der Waals surface area contributed by atoms with E-state index in [1.165, 1.54) is 11.3 Å². The number of carboxylic acids is 1. The number of likely N-dealkylation sites (tertiary alicyclic amines) is 1. The Morgan fingerprint density at radius 3 is 2.45 bits per heavy atom. The minimum Gasteiger partial charge on any atom is -0.481 e. The van der Waals surface area contributed by atoms with E-state index in [0.29, 0.717) is 13.0 Å². The van der Waals surface area contributed by atoms with Crippen LogP contribution < -0.4 is 4.90 Å². The van der Waals surface area contributed by atoms with E-state index in [4.69, 9.17) is 0 Å². The Bertz CT molecular complexity index is 470. The Kier molecular flexibility index (Phi) is 4.33. The topological polar surface area (TPSA) is 43.8 Å². The molecule has 1 heterocycles. The standard InChI is InChI=1S/C16H24N2O2/c1-4-16(15(19)20)9-10-18(12-16)11-13-5-7-14(8-6-13)17(2)3/h5-8H,4,9-12H2,1-3H3,(H,19,20). The Balaban J connectivity index is 2.00. The Labute approximate surface area is 121 Å². The summed E-state index contributed by atoms with van der Waals surface area (Å²) in [6.45, 7) is 4.34. The van der Waals surface area contributed by atoms with Crippen LogP contribution in [0, 0.1) is 5.41 Å². The summed E-state index contributed by atoms with van der Waals surface area (Å²) in [6.07, 6.45) is 1.47. The van der Waals surface area contributed by atoms with E-state index in [2.05, 4.69) is 34.1 Å². The first kappa shape index (κ1) is 14.9. The zero-order valence-electron chi connectivity index (χ0n) is 12.6. The van der Waals surface area contributed by atoms with Crippen LogP contribution >= 0.6 is 0 Å². The highest BCUT2D eigenvalue weighted by molar-refractivity contribution is 5.75. The van der Waals surface area contributed by atoms with Gasteiger partial charge in [0.05, 0.1) is 5.41 Å². The molecule has 0 bridgehead atoms. The fourth-order valence-electron chi connectivity index (χ4n) is 2.87. The van der Waals surface area contributed by atoms with Crippen LogP contribution in [0.25, 0.3) is 0 Å². The molecule has 0 amide bonds.